The van der Waals surface area contributed by atoms with Gasteiger partial charge in [-0.1, -0.05) is 0 Å². The van der Waals surface area contributed by atoms with Gasteiger partial charge in [0.05, 0.1) is 12.7 Å². The van der Waals surface area contributed by atoms with Crippen LogP contribution in [-0.2, 0) is 9.53 Å². The van der Waals surface area contributed by atoms with Crippen molar-refractivity contribution < 1.29 is 19.1 Å². The molecule has 0 unspecified atom stereocenters. The number of nitrogens with two attached hydrogens (primary N) is 1. The molecule has 0 aromatic heterocycles. The average Bonchev–Trinajstić information content (AvgIpc) is 3.01. The molecule has 0 saturated heterocycles. The Labute approximate surface area is 136 Å². The van der Waals surface area contributed by atoms with Crippen LogP contribution in [0, 0.1) is 0 Å². The van der Waals surface area contributed by atoms with Gasteiger partial charge in [-0.3, -0.25) is 9.59 Å². The molecule has 0 spiro atoms. The molecule has 1 aromatic rings. The Hall–Kier alpha value is -2.08. The zero-order valence-corrected chi connectivity index (χ0v) is 13.6. The van der Waals surface area contributed by atoms with Gasteiger partial charge in [0, 0.05) is 12.7 Å². The van der Waals surface area contributed by atoms with Crippen molar-refractivity contribution in [3.05, 3.63) is 29.8 Å². The summed E-state index contributed by atoms with van der Waals surface area (Å²) in [6, 6.07) is 6.89. The predicted octanol–water partition coefficient (Wildman–Crippen LogP) is 1.63. The number of carbonyl (C=O) groups is 2. The number of ether oxygens (including phenoxy) is 2. The summed E-state index contributed by atoms with van der Waals surface area (Å²) < 4.78 is 10.8. The Morgan fingerprint density at radius 1 is 1.26 bits per heavy atom. The molecule has 6 heteroatoms. The molecule has 0 aliphatic heterocycles. The van der Waals surface area contributed by atoms with E-state index in [0.29, 0.717) is 5.56 Å². The van der Waals surface area contributed by atoms with E-state index in [0.717, 1.165) is 18.6 Å². The van der Waals surface area contributed by atoms with Crippen LogP contribution in [0.4, 0.5) is 0 Å². The molecule has 1 fully saturated rings. The fourth-order valence-electron chi connectivity index (χ4n) is 2.66. The first-order chi connectivity index (χ1) is 10.9. The lowest BCUT2D eigenvalue weighted by molar-refractivity contribution is -0.125. The summed E-state index contributed by atoms with van der Waals surface area (Å²) in [5.41, 5.74) is 4.54. The molecule has 1 aliphatic carbocycles. The van der Waals surface area contributed by atoms with Gasteiger partial charge in [-0.2, -0.15) is 0 Å². The second kappa shape index (κ2) is 7.46. The fraction of sp³-hybridized carbons (Fsp3) is 0.529. The molecule has 3 N–H and O–H groups in total. The maximum absolute atomic E-state index is 12.3. The summed E-state index contributed by atoms with van der Waals surface area (Å²) >= 11 is 0. The summed E-state index contributed by atoms with van der Waals surface area (Å²) in [5.74, 6) is -0.271. The molecule has 1 aliphatic rings. The average molecular weight is 320 g/mol. The minimum Gasteiger partial charge on any atom is -0.490 e. The minimum absolute atomic E-state index is 0.0109. The topological polar surface area (TPSA) is 90.7 Å². The van der Waals surface area contributed by atoms with E-state index in [9.17, 15) is 9.59 Å². The third-order valence-corrected chi connectivity index (χ3v) is 4.09. The highest BCUT2D eigenvalue weighted by Crippen LogP contribution is 2.24. The van der Waals surface area contributed by atoms with Crippen LogP contribution in [0.2, 0.25) is 0 Å². The summed E-state index contributed by atoms with van der Waals surface area (Å²) in [5, 5.41) is 2.62. The SMILES string of the molecule is COC[C@](C)(NC(=O)c1ccc(OC2CCCC2)cc1)C(N)=O. The Bertz CT molecular complexity index is 552. The lowest BCUT2D eigenvalue weighted by atomic mass is 10.0. The maximum atomic E-state index is 12.3. The van der Waals surface area contributed by atoms with Crippen LogP contribution in [0.25, 0.3) is 0 Å². The third-order valence-electron chi connectivity index (χ3n) is 4.09. The first kappa shape index (κ1) is 17.3. The molecular weight excluding hydrogens is 296 g/mol. The molecule has 1 atom stereocenters. The Morgan fingerprint density at radius 3 is 2.39 bits per heavy atom. The van der Waals surface area contributed by atoms with Crippen molar-refractivity contribution in [2.75, 3.05) is 13.7 Å². The minimum atomic E-state index is -1.25. The standard InChI is InChI=1S/C17H24N2O4/c1-17(11-22-2,16(18)21)19-15(20)12-7-9-14(10-8-12)23-13-5-3-4-6-13/h7-10,13H,3-6,11H2,1-2H3,(H2,18,21)(H,19,20)/t17-/m0/s1. The summed E-state index contributed by atoms with van der Waals surface area (Å²) in [7, 11) is 1.45. The summed E-state index contributed by atoms with van der Waals surface area (Å²) in [6.07, 6.45) is 4.84. The Kier molecular flexibility index (Phi) is 5.60. The molecule has 0 bridgehead atoms. The smallest absolute Gasteiger partial charge is 0.252 e. The van der Waals surface area contributed by atoms with E-state index in [1.165, 1.54) is 26.9 Å². The zero-order chi connectivity index (χ0) is 16.9. The van der Waals surface area contributed by atoms with Gasteiger partial charge in [0.25, 0.3) is 5.91 Å². The molecule has 2 rings (SSSR count). The predicted molar refractivity (Wildman–Crippen MR) is 86.3 cm³/mol. The van der Waals surface area contributed by atoms with Gasteiger partial charge in [-0.25, -0.2) is 0 Å². The highest BCUT2D eigenvalue weighted by molar-refractivity contribution is 5.98. The molecular formula is C17H24N2O4. The van der Waals surface area contributed by atoms with E-state index < -0.39 is 11.4 Å². The van der Waals surface area contributed by atoms with Crippen LogP contribution in [0.1, 0.15) is 43.0 Å². The number of amides is 2. The van der Waals surface area contributed by atoms with E-state index >= 15 is 0 Å². The van der Waals surface area contributed by atoms with Gasteiger partial charge in [-0.15, -0.1) is 0 Å². The number of nitrogens with one attached hydrogen (secondary N) is 1. The number of primary amides is 1. The van der Waals surface area contributed by atoms with Crippen molar-refractivity contribution >= 4 is 11.8 Å². The number of rotatable bonds is 7. The van der Waals surface area contributed by atoms with Crippen LogP contribution >= 0.6 is 0 Å². The van der Waals surface area contributed by atoms with Gasteiger partial charge in [0.2, 0.25) is 5.91 Å². The first-order valence-electron chi connectivity index (χ1n) is 7.83. The molecule has 1 aromatic carbocycles. The van der Waals surface area contributed by atoms with Crippen LogP contribution in [-0.4, -0.2) is 37.2 Å². The summed E-state index contributed by atoms with van der Waals surface area (Å²) in [4.78, 5) is 23.8. The van der Waals surface area contributed by atoms with E-state index in [4.69, 9.17) is 15.2 Å². The van der Waals surface area contributed by atoms with Crippen LogP contribution in [0.15, 0.2) is 24.3 Å². The number of methoxy groups -OCH3 is 1. The van der Waals surface area contributed by atoms with Gasteiger partial charge < -0.3 is 20.5 Å². The maximum Gasteiger partial charge on any atom is 0.252 e. The van der Waals surface area contributed by atoms with E-state index in [1.54, 1.807) is 24.3 Å². The zero-order valence-electron chi connectivity index (χ0n) is 13.6. The molecule has 2 amide bonds. The van der Waals surface area contributed by atoms with Crippen molar-refractivity contribution in [1.29, 1.82) is 0 Å². The largest absolute Gasteiger partial charge is 0.490 e. The number of hydrogen-bond donors (Lipinski definition) is 2. The molecule has 23 heavy (non-hydrogen) atoms. The first-order valence-corrected chi connectivity index (χ1v) is 7.83. The molecule has 0 heterocycles. The normalized spacial score (nSPS) is 17.5. The molecule has 126 valence electrons. The second-order valence-electron chi connectivity index (χ2n) is 6.13. The highest BCUT2D eigenvalue weighted by Gasteiger charge is 2.33. The van der Waals surface area contributed by atoms with Gasteiger partial charge >= 0.3 is 0 Å². The van der Waals surface area contributed by atoms with Crippen LogP contribution in [0.3, 0.4) is 0 Å². The van der Waals surface area contributed by atoms with E-state index in [2.05, 4.69) is 5.32 Å². The number of hydrogen-bond acceptors (Lipinski definition) is 4. The van der Waals surface area contributed by atoms with Crippen molar-refractivity contribution in [1.82, 2.24) is 5.32 Å². The van der Waals surface area contributed by atoms with Crippen molar-refractivity contribution in [3.63, 3.8) is 0 Å². The number of benzene rings is 1. The lowest BCUT2D eigenvalue weighted by Crippen LogP contribution is -2.58. The Morgan fingerprint density at radius 2 is 1.87 bits per heavy atom. The van der Waals surface area contributed by atoms with Crippen molar-refractivity contribution in [2.45, 2.75) is 44.2 Å². The second-order valence-corrected chi connectivity index (χ2v) is 6.13. The van der Waals surface area contributed by atoms with Crippen LogP contribution in [0.5, 0.6) is 5.75 Å². The van der Waals surface area contributed by atoms with Crippen LogP contribution < -0.4 is 15.8 Å². The lowest BCUT2D eigenvalue weighted by Gasteiger charge is -2.26. The van der Waals surface area contributed by atoms with Gasteiger partial charge in [-0.05, 0) is 56.9 Å². The number of carbonyl (C=O) groups excluding carboxylic acids is 2. The Balaban J connectivity index is 2.00. The highest BCUT2D eigenvalue weighted by atomic mass is 16.5. The van der Waals surface area contributed by atoms with Gasteiger partial charge in [0.1, 0.15) is 11.3 Å². The molecule has 0 radical (unpaired) electrons. The molecule has 6 nitrogen and oxygen atoms in total. The molecule has 1 saturated carbocycles. The third kappa shape index (κ3) is 4.45. The fourth-order valence-corrected chi connectivity index (χ4v) is 2.66. The quantitative estimate of drug-likeness (QED) is 0.799. The van der Waals surface area contributed by atoms with Gasteiger partial charge in [0.15, 0.2) is 0 Å². The van der Waals surface area contributed by atoms with Crippen molar-refractivity contribution in [2.24, 2.45) is 5.73 Å². The van der Waals surface area contributed by atoms with E-state index in [-0.39, 0.29) is 18.6 Å². The van der Waals surface area contributed by atoms with Crippen molar-refractivity contribution in [3.8, 4) is 5.75 Å². The monoisotopic (exact) mass is 320 g/mol. The van der Waals surface area contributed by atoms with E-state index in [1.807, 2.05) is 0 Å². The summed E-state index contributed by atoms with van der Waals surface area (Å²) in [6.45, 7) is 1.55.